The standard InChI is InChI=1S/C14H19N3O2S/c1-9-11(6-12(18)17-14(2,3)8-15)16-13(19-9)10-4-5-20-7-10/h4-5,7H,6,8,15H2,1-3H3,(H,17,18). The summed E-state index contributed by atoms with van der Waals surface area (Å²) in [6.07, 6.45) is 0.197. The first-order valence-electron chi connectivity index (χ1n) is 6.41. The molecule has 0 atom stereocenters. The zero-order chi connectivity index (χ0) is 14.8. The van der Waals surface area contributed by atoms with E-state index in [0.717, 1.165) is 5.56 Å². The first-order valence-corrected chi connectivity index (χ1v) is 7.35. The Labute approximate surface area is 122 Å². The number of nitrogens with zero attached hydrogens (tertiary/aromatic N) is 1. The SMILES string of the molecule is Cc1oc(-c2ccsc2)nc1CC(=O)NC(C)(C)CN. The van der Waals surface area contributed by atoms with Crippen LogP contribution >= 0.6 is 11.3 Å². The molecule has 108 valence electrons. The number of hydrogen-bond donors (Lipinski definition) is 2. The molecule has 5 nitrogen and oxygen atoms in total. The third-order valence-corrected chi connectivity index (χ3v) is 3.66. The second kappa shape index (κ2) is 5.76. The Bertz CT molecular complexity index is 588. The number of aryl methyl sites for hydroxylation is 1. The van der Waals surface area contributed by atoms with Crippen molar-refractivity contribution in [1.82, 2.24) is 10.3 Å². The van der Waals surface area contributed by atoms with Gasteiger partial charge in [-0.15, -0.1) is 0 Å². The second-order valence-electron chi connectivity index (χ2n) is 5.35. The van der Waals surface area contributed by atoms with Crippen molar-refractivity contribution in [2.45, 2.75) is 32.7 Å². The minimum atomic E-state index is -0.412. The number of thiophene rings is 1. The molecular formula is C14H19N3O2S. The fourth-order valence-electron chi connectivity index (χ4n) is 1.73. The average Bonchev–Trinajstić information content (AvgIpc) is 2.99. The van der Waals surface area contributed by atoms with Crippen LogP contribution in [-0.2, 0) is 11.2 Å². The first-order chi connectivity index (χ1) is 9.41. The minimum absolute atomic E-state index is 0.103. The van der Waals surface area contributed by atoms with Crippen LogP contribution in [0.3, 0.4) is 0 Å². The molecule has 20 heavy (non-hydrogen) atoms. The average molecular weight is 293 g/mol. The van der Waals surface area contributed by atoms with Crippen molar-refractivity contribution in [2.75, 3.05) is 6.54 Å². The maximum Gasteiger partial charge on any atom is 0.227 e. The van der Waals surface area contributed by atoms with Gasteiger partial charge in [0, 0.05) is 23.0 Å². The van der Waals surface area contributed by atoms with Gasteiger partial charge in [-0.05, 0) is 32.2 Å². The Hall–Kier alpha value is -1.66. The van der Waals surface area contributed by atoms with Crippen molar-refractivity contribution in [3.05, 3.63) is 28.3 Å². The summed E-state index contributed by atoms with van der Waals surface area (Å²) in [6.45, 7) is 5.98. The fourth-order valence-corrected chi connectivity index (χ4v) is 2.36. The van der Waals surface area contributed by atoms with Crippen LogP contribution in [0.5, 0.6) is 0 Å². The van der Waals surface area contributed by atoms with Crippen molar-refractivity contribution in [1.29, 1.82) is 0 Å². The molecule has 0 spiro atoms. The van der Waals surface area contributed by atoms with Crippen LogP contribution in [0, 0.1) is 6.92 Å². The molecule has 0 fully saturated rings. The van der Waals surface area contributed by atoms with Gasteiger partial charge in [0.05, 0.1) is 12.1 Å². The lowest BCUT2D eigenvalue weighted by Crippen LogP contribution is -2.49. The minimum Gasteiger partial charge on any atom is -0.441 e. The monoisotopic (exact) mass is 293 g/mol. The van der Waals surface area contributed by atoms with Crippen LogP contribution < -0.4 is 11.1 Å². The smallest absolute Gasteiger partial charge is 0.227 e. The highest BCUT2D eigenvalue weighted by molar-refractivity contribution is 7.08. The van der Waals surface area contributed by atoms with Gasteiger partial charge in [-0.2, -0.15) is 11.3 Å². The van der Waals surface area contributed by atoms with Gasteiger partial charge in [0.2, 0.25) is 11.8 Å². The molecule has 2 aromatic rings. The van der Waals surface area contributed by atoms with Crippen molar-refractivity contribution in [2.24, 2.45) is 5.73 Å². The fraction of sp³-hybridized carbons (Fsp3) is 0.429. The van der Waals surface area contributed by atoms with Crippen molar-refractivity contribution < 1.29 is 9.21 Å². The van der Waals surface area contributed by atoms with Crippen LogP contribution in [0.2, 0.25) is 0 Å². The molecule has 0 saturated carbocycles. The third kappa shape index (κ3) is 3.46. The number of oxazole rings is 1. The number of hydrogen-bond acceptors (Lipinski definition) is 5. The quantitative estimate of drug-likeness (QED) is 0.884. The van der Waals surface area contributed by atoms with Gasteiger partial charge in [0.25, 0.3) is 0 Å². The number of carbonyl (C=O) groups excluding carboxylic acids is 1. The van der Waals surface area contributed by atoms with E-state index in [1.807, 2.05) is 37.6 Å². The highest BCUT2D eigenvalue weighted by Crippen LogP contribution is 2.24. The molecule has 0 bridgehead atoms. The molecule has 6 heteroatoms. The summed E-state index contributed by atoms with van der Waals surface area (Å²) in [5, 5.41) is 6.81. The molecular weight excluding hydrogens is 274 g/mol. The molecule has 0 unspecified atom stereocenters. The van der Waals surface area contributed by atoms with Crippen LogP contribution in [0.15, 0.2) is 21.2 Å². The molecule has 0 aliphatic rings. The lowest BCUT2D eigenvalue weighted by Gasteiger charge is -2.23. The molecule has 0 aromatic carbocycles. The lowest BCUT2D eigenvalue weighted by atomic mass is 10.1. The normalized spacial score (nSPS) is 11.6. The van der Waals surface area contributed by atoms with E-state index in [1.165, 1.54) is 0 Å². The Morgan fingerprint density at radius 2 is 2.30 bits per heavy atom. The highest BCUT2D eigenvalue weighted by Gasteiger charge is 2.20. The summed E-state index contributed by atoms with van der Waals surface area (Å²) in [6, 6.07) is 1.94. The van der Waals surface area contributed by atoms with E-state index in [-0.39, 0.29) is 12.3 Å². The van der Waals surface area contributed by atoms with E-state index in [1.54, 1.807) is 11.3 Å². The van der Waals surface area contributed by atoms with Crippen LogP contribution in [0.4, 0.5) is 0 Å². The van der Waals surface area contributed by atoms with E-state index in [4.69, 9.17) is 10.2 Å². The van der Waals surface area contributed by atoms with E-state index in [2.05, 4.69) is 10.3 Å². The zero-order valence-corrected chi connectivity index (χ0v) is 12.7. The maximum absolute atomic E-state index is 12.0. The van der Waals surface area contributed by atoms with Crippen LogP contribution in [0.25, 0.3) is 11.5 Å². The van der Waals surface area contributed by atoms with Crippen LogP contribution in [0.1, 0.15) is 25.3 Å². The van der Waals surface area contributed by atoms with Crippen LogP contribution in [-0.4, -0.2) is 23.0 Å². The van der Waals surface area contributed by atoms with Crippen molar-refractivity contribution in [3.63, 3.8) is 0 Å². The third-order valence-electron chi connectivity index (χ3n) is 2.98. The van der Waals surface area contributed by atoms with Crippen molar-refractivity contribution >= 4 is 17.2 Å². The first kappa shape index (κ1) is 14.7. The predicted molar refractivity (Wildman–Crippen MR) is 79.5 cm³/mol. The van der Waals surface area contributed by atoms with E-state index in [9.17, 15) is 4.79 Å². The Kier molecular flexibility index (Phi) is 4.25. The van der Waals surface area contributed by atoms with Crippen molar-refractivity contribution in [3.8, 4) is 11.5 Å². The van der Waals surface area contributed by atoms with E-state index in [0.29, 0.717) is 23.9 Å². The highest BCUT2D eigenvalue weighted by atomic mass is 32.1. The number of amides is 1. The molecule has 3 N–H and O–H groups in total. The number of carbonyl (C=O) groups is 1. The molecule has 1 amide bonds. The number of nitrogens with two attached hydrogens (primary N) is 1. The van der Waals surface area contributed by atoms with Gasteiger partial charge in [-0.25, -0.2) is 4.98 Å². The number of nitrogens with one attached hydrogen (secondary N) is 1. The van der Waals surface area contributed by atoms with E-state index >= 15 is 0 Å². The van der Waals surface area contributed by atoms with Gasteiger partial charge < -0.3 is 15.5 Å². The molecule has 2 aromatic heterocycles. The Balaban J connectivity index is 2.09. The zero-order valence-electron chi connectivity index (χ0n) is 11.9. The molecule has 2 rings (SSSR count). The number of rotatable bonds is 5. The summed E-state index contributed by atoms with van der Waals surface area (Å²) in [5.41, 5.74) is 6.79. The largest absolute Gasteiger partial charge is 0.441 e. The van der Waals surface area contributed by atoms with Gasteiger partial charge in [0.1, 0.15) is 5.76 Å². The van der Waals surface area contributed by atoms with Gasteiger partial charge in [-0.1, -0.05) is 0 Å². The topological polar surface area (TPSA) is 81.2 Å². The van der Waals surface area contributed by atoms with E-state index < -0.39 is 5.54 Å². The van der Waals surface area contributed by atoms with Gasteiger partial charge >= 0.3 is 0 Å². The molecule has 0 radical (unpaired) electrons. The molecule has 0 saturated heterocycles. The summed E-state index contributed by atoms with van der Waals surface area (Å²) < 4.78 is 5.61. The lowest BCUT2D eigenvalue weighted by molar-refractivity contribution is -0.122. The summed E-state index contributed by atoms with van der Waals surface area (Å²) in [4.78, 5) is 16.4. The van der Waals surface area contributed by atoms with Gasteiger partial charge in [-0.3, -0.25) is 4.79 Å². The number of aromatic nitrogens is 1. The summed E-state index contributed by atoms with van der Waals surface area (Å²) in [5.74, 6) is 1.13. The molecule has 2 heterocycles. The Morgan fingerprint density at radius 1 is 1.55 bits per heavy atom. The molecule has 0 aliphatic carbocycles. The second-order valence-corrected chi connectivity index (χ2v) is 6.13. The predicted octanol–water partition coefficient (Wildman–Crippen LogP) is 2.11. The summed E-state index contributed by atoms with van der Waals surface area (Å²) in [7, 11) is 0. The molecule has 0 aliphatic heterocycles. The summed E-state index contributed by atoms with van der Waals surface area (Å²) >= 11 is 1.58. The Morgan fingerprint density at radius 3 is 2.90 bits per heavy atom. The van der Waals surface area contributed by atoms with Gasteiger partial charge in [0.15, 0.2) is 0 Å². The maximum atomic E-state index is 12.0.